The smallest absolute Gasteiger partial charge is 0.430 e. The number of alkyl halides is 3. The molecule has 5 N–H and O–H groups in total. The van der Waals surface area contributed by atoms with Crippen LogP contribution in [0.3, 0.4) is 0 Å². The summed E-state index contributed by atoms with van der Waals surface area (Å²) < 4.78 is 48.8. The van der Waals surface area contributed by atoms with Crippen molar-refractivity contribution in [3.05, 3.63) is 41.6 Å². The van der Waals surface area contributed by atoms with Gasteiger partial charge in [0.2, 0.25) is 11.8 Å². The third-order valence-corrected chi connectivity index (χ3v) is 4.04. The molecule has 152 valence electrons. The molecular formula is C18H22F3N5O2. The molecule has 28 heavy (non-hydrogen) atoms. The Morgan fingerprint density at radius 3 is 2.50 bits per heavy atom. The highest BCUT2D eigenvalue weighted by Gasteiger charge is 2.32. The summed E-state index contributed by atoms with van der Waals surface area (Å²) in [5, 5.41) is 19.2. The molecule has 1 aromatic carbocycles. The zero-order valence-electron chi connectivity index (χ0n) is 15.3. The molecule has 0 saturated carbocycles. The minimum atomic E-state index is -4.76. The number of hydrogen-bond acceptors (Lipinski definition) is 7. The van der Waals surface area contributed by atoms with E-state index in [4.69, 9.17) is 26.0 Å². The van der Waals surface area contributed by atoms with Gasteiger partial charge in [-0.2, -0.15) is 13.2 Å². The standard InChI is InChI=1S/C18H22F3N5O2/c1-27-14-5-3-2-4-12(14)16(23)28-17(24)13(10-15(22)18(19,20)21)26-11-6-8-25-9-7-11/h2-5,10-11,23-25H,6-9,22H2,1H3/b15-10-,23-16?,24-17?,26-13?. The van der Waals surface area contributed by atoms with Crippen LogP contribution in [0.4, 0.5) is 13.2 Å². The van der Waals surface area contributed by atoms with E-state index in [0.29, 0.717) is 37.8 Å². The molecule has 1 fully saturated rings. The zero-order valence-corrected chi connectivity index (χ0v) is 15.3. The van der Waals surface area contributed by atoms with Gasteiger partial charge in [0.15, 0.2) is 0 Å². The van der Waals surface area contributed by atoms with Gasteiger partial charge in [0, 0.05) is 0 Å². The van der Waals surface area contributed by atoms with E-state index in [9.17, 15) is 13.2 Å². The van der Waals surface area contributed by atoms with Gasteiger partial charge in [0.05, 0.1) is 18.7 Å². The Labute approximate surface area is 160 Å². The average Bonchev–Trinajstić information content (AvgIpc) is 2.67. The first-order valence-corrected chi connectivity index (χ1v) is 8.54. The molecule has 0 aromatic heterocycles. The number of nitrogens with one attached hydrogen (secondary N) is 3. The molecule has 2 rings (SSSR count). The molecule has 1 aliphatic rings. The van der Waals surface area contributed by atoms with Crippen LogP contribution in [-0.2, 0) is 4.74 Å². The fourth-order valence-electron chi connectivity index (χ4n) is 2.56. The van der Waals surface area contributed by atoms with Crippen molar-refractivity contribution in [1.29, 1.82) is 10.8 Å². The summed E-state index contributed by atoms with van der Waals surface area (Å²) in [5.74, 6) is -0.802. The maximum atomic E-state index is 12.8. The van der Waals surface area contributed by atoms with Crippen LogP contribution in [0.25, 0.3) is 0 Å². The first-order chi connectivity index (χ1) is 13.2. The van der Waals surface area contributed by atoms with Gasteiger partial charge in [-0.1, -0.05) is 12.1 Å². The second-order valence-electron chi connectivity index (χ2n) is 6.05. The molecule has 0 radical (unpaired) electrons. The van der Waals surface area contributed by atoms with E-state index in [0.717, 1.165) is 0 Å². The van der Waals surface area contributed by atoms with Crippen molar-refractivity contribution in [2.75, 3.05) is 20.2 Å². The number of nitrogens with zero attached hydrogens (tertiary/aromatic N) is 1. The normalized spacial score (nSPS) is 16.6. The van der Waals surface area contributed by atoms with Crippen LogP contribution in [0, 0.1) is 10.8 Å². The van der Waals surface area contributed by atoms with Crippen LogP contribution in [0.15, 0.2) is 41.0 Å². The van der Waals surface area contributed by atoms with E-state index in [2.05, 4.69) is 10.3 Å². The topological polar surface area (TPSA) is 117 Å². The summed E-state index contributed by atoms with van der Waals surface area (Å²) >= 11 is 0. The van der Waals surface area contributed by atoms with Crippen LogP contribution in [-0.4, -0.2) is 49.9 Å². The van der Waals surface area contributed by atoms with Crippen molar-refractivity contribution in [2.24, 2.45) is 10.7 Å². The van der Waals surface area contributed by atoms with E-state index in [-0.39, 0.29) is 17.3 Å². The number of allylic oxidation sites excluding steroid dienone is 1. The Bertz CT molecular complexity index is 784. The van der Waals surface area contributed by atoms with Crippen molar-refractivity contribution in [3.8, 4) is 5.75 Å². The highest BCUT2D eigenvalue weighted by molar-refractivity contribution is 6.44. The summed E-state index contributed by atoms with van der Waals surface area (Å²) in [4.78, 5) is 4.22. The van der Waals surface area contributed by atoms with Gasteiger partial charge in [0.25, 0.3) is 0 Å². The number of hydrogen-bond donors (Lipinski definition) is 4. The molecule has 10 heteroatoms. The van der Waals surface area contributed by atoms with Crippen LogP contribution in [0.1, 0.15) is 18.4 Å². The molecular weight excluding hydrogens is 375 g/mol. The van der Waals surface area contributed by atoms with Crippen molar-refractivity contribution in [1.82, 2.24) is 5.32 Å². The van der Waals surface area contributed by atoms with Crippen LogP contribution in [0.5, 0.6) is 5.75 Å². The predicted molar refractivity (Wildman–Crippen MR) is 100 cm³/mol. The maximum absolute atomic E-state index is 12.8. The minimum absolute atomic E-state index is 0.253. The van der Waals surface area contributed by atoms with Gasteiger partial charge < -0.3 is 20.5 Å². The highest BCUT2D eigenvalue weighted by atomic mass is 19.4. The van der Waals surface area contributed by atoms with E-state index >= 15 is 0 Å². The highest BCUT2D eigenvalue weighted by Crippen LogP contribution is 2.22. The number of piperidine rings is 1. The first-order valence-electron chi connectivity index (χ1n) is 8.54. The SMILES string of the molecule is COc1ccccc1C(=N)OC(=N)C(/C=C(\N)C(F)(F)F)=NC1CCNCC1. The second-order valence-corrected chi connectivity index (χ2v) is 6.05. The molecule has 0 bridgehead atoms. The van der Waals surface area contributed by atoms with E-state index in [1.807, 2.05) is 0 Å². The van der Waals surface area contributed by atoms with E-state index in [1.54, 1.807) is 18.2 Å². The Morgan fingerprint density at radius 1 is 1.25 bits per heavy atom. The monoisotopic (exact) mass is 397 g/mol. The lowest BCUT2D eigenvalue weighted by Gasteiger charge is -2.20. The number of methoxy groups -OCH3 is 1. The summed E-state index contributed by atoms with van der Waals surface area (Å²) in [7, 11) is 1.41. The Kier molecular flexibility index (Phi) is 7.16. The van der Waals surface area contributed by atoms with Crippen LogP contribution < -0.4 is 15.8 Å². The fourth-order valence-corrected chi connectivity index (χ4v) is 2.56. The lowest BCUT2D eigenvalue weighted by Crippen LogP contribution is -2.32. The molecule has 0 atom stereocenters. The average molecular weight is 397 g/mol. The molecule has 7 nitrogen and oxygen atoms in total. The first kappa shape index (κ1) is 21.4. The number of para-hydroxylation sites is 1. The Hall–Kier alpha value is -2.88. The lowest BCUT2D eigenvalue weighted by molar-refractivity contribution is -0.0925. The minimum Gasteiger partial charge on any atom is -0.496 e. The van der Waals surface area contributed by atoms with Crippen molar-refractivity contribution >= 4 is 17.5 Å². The van der Waals surface area contributed by atoms with E-state index in [1.165, 1.54) is 13.2 Å². The number of aliphatic imine (C=N–C) groups is 1. The van der Waals surface area contributed by atoms with Crippen LogP contribution >= 0.6 is 0 Å². The summed E-state index contributed by atoms with van der Waals surface area (Å²) in [6.45, 7) is 1.34. The molecule has 1 heterocycles. The third-order valence-electron chi connectivity index (χ3n) is 4.04. The third kappa shape index (κ3) is 5.81. The number of benzene rings is 1. The molecule has 1 saturated heterocycles. The van der Waals surface area contributed by atoms with Crippen molar-refractivity contribution in [3.63, 3.8) is 0 Å². The second kappa shape index (κ2) is 9.36. The Morgan fingerprint density at radius 2 is 1.89 bits per heavy atom. The van der Waals surface area contributed by atoms with Gasteiger partial charge in [-0.25, -0.2) is 0 Å². The summed E-state index contributed by atoms with van der Waals surface area (Å²) in [6.07, 6.45) is -2.97. The van der Waals surface area contributed by atoms with Crippen LogP contribution in [0.2, 0.25) is 0 Å². The van der Waals surface area contributed by atoms with Gasteiger partial charge in [-0.3, -0.25) is 15.8 Å². The van der Waals surface area contributed by atoms with Gasteiger partial charge in [0.1, 0.15) is 17.2 Å². The number of ether oxygens (including phenoxy) is 2. The molecule has 0 unspecified atom stereocenters. The predicted octanol–water partition coefficient (Wildman–Crippen LogP) is 2.61. The summed E-state index contributed by atoms with van der Waals surface area (Å²) in [5.41, 5.74) is 3.60. The molecule has 1 aliphatic heterocycles. The quantitative estimate of drug-likeness (QED) is 0.451. The molecule has 1 aromatic rings. The van der Waals surface area contributed by atoms with Crippen molar-refractivity contribution in [2.45, 2.75) is 25.1 Å². The molecule has 0 spiro atoms. The van der Waals surface area contributed by atoms with E-state index < -0.39 is 23.7 Å². The number of rotatable bonds is 5. The Balaban J connectivity index is 2.27. The fraction of sp³-hybridized carbons (Fsp3) is 0.389. The van der Waals surface area contributed by atoms with Gasteiger partial charge >= 0.3 is 6.18 Å². The molecule has 0 aliphatic carbocycles. The maximum Gasteiger partial charge on any atom is 0.430 e. The summed E-state index contributed by atoms with van der Waals surface area (Å²) in [6, 6.07) is 6.21. The van der Waals surface area contributed by atoms with Gasteiger partial charge in [-0.05, 0) is 44.1 Å². The van der Waals surface area contributed by atoms with Gasteiger partial charge in [-0.15, -0.1) is 0 Å². The number of nitrogens with two attached hydrogens (primary N) is 1. The largest absolute Gasteiger partial charge is 0.496 e. The molecule has 0 amide bonds. The lowest BCUT2D eigenvalue weighted by atomic mass is 10.1. The van der Waals surface area contributed by atoms with Crippen molar-refractivity contribution < 1.29 is 22.6 Å². The zero-order chi connectivity index (χ0) is 20.7. The number of halogens is 3.